The van der Waals surface area contributed by atoms with E-state index in [0.717, 1.165) is 35.4 Å². The predicted octanol–water partition coefficient (Wildman–Crippen LogP) is 9.32. The monoisotopic (exact) mass is 724 g/mol. The van der Waals surface area contributed by atoms with Crippen molar-refractivity contribution in [2.75, 3.05) is 0 Å². The van der Waals surface area contributed by atoms with E-state index >= 15 is 26.3 Å². The lowest BCUT2D eigenvalue weighted by Gasteiger charge is -2.38. The average Bonchev–Trinajstić information content (AvgIpc) is 2.99. The zero-order valence-corrected chi connectivity index (χ0v) is 28.1. The molecule has 6 nitrogen and oxygen atoms in total. The Balaban J connectivity index is 1.92. The van der Waals surface area contributed by atoms with E-state index in [1.807, 2.05) is 0 Å². The van der Waals surface area contributed by atoms with Crippen molar-refractivity contribution in [3.8, 4) is 11.5 Å². The Morgan fingerprint density at radius 1 is 0.531 bits per heavy atom. The zero-order chi connectivity index (χ0) is 36.4. The average molecular weight is 725 g/mol. The quantitative estimate of drug-likeness (QED) is 0.120. The first kappa shape index (κ1) is 37.3. The predicted molar refractivity (Wildman–Crippen MR) is 173 cm³/mol. The van der Waals surface area contributed by atoms with Gasteiger partial charge < -0.3 is 8.37 Å². The first-order valence-electron chi connectivity index (χ1n) is 14.5. The van der Waals surface area contributed by atoms with Gasteiger partial charge in [0.25, 0.3) is 0 Å². The van der Waals surface area contributed by atoms with Gasteiger partial charge in [-0.3, -0.25) is 0 Å². The van der Waals surface area contributed by atoms with Gasteiger partial charge in [-0.25, -0.2) is 0 Å². The second-order valence-electron chi connectivity index (χ2n) is 11.0. The van der Waals surface area contributed by atoms with Crippen molar-refractivity contribution in [2.45, 2.75) is 55.3 Å². The number of hydrogen-bond acceptors (Lipinski definition) is 6. The molecule has 4 aromatic rings. The molecule has 49 heavy (non-hydrogen) atoms. The lowest BCUT2D eigenvalue weighted by atomic mass is 9.72. The fourth-order valence-corrected chi connectivity index (χ4v) is 6.97. The molecule has 0 amide bonds. The van der Waals surface area contributed by atoms with Crippen LogP contribution in [-0.2, 0) is 25.7 Å². The summed E-state index contributed by atoms with van der Waals surface area (Å²) >= 11 is 0. The fraction of sp³-hybridized carbons (Fsp3) is 0.200. The third-order valence-electron chi connectivity index (χ3n) is 7.45. The summed E-state index contributed by atoms with van der Waals surface area (Å²) in [5.74, 6) is -1.03. The lowest BCUT2D eigenvalue weighted by molar-refractivity contribution is -0.288. The Labute approximate surface area is 280 Å². The van der Waals surface area contributed by atoms with Crippen molar-refractivity contribution in [2.24, 2.45) is 0 Å². The van der Waals surface area contributed by atoms with E-state index in [4.69, 9.17) is 8.37 Å². The molecule has 4 rings (SSSR count). The van der Waals surface area contributed by atoms with Crippen molar-refractivity contribution in [3.05, 3.63) is 130 Å². The molecule has 0 heterocycles. The van der Waals surface area contributed by atoms with Crippen LogP contribution in [-0.4, -0.2) is 29.2 Å². The molecule has 0 N–H and O–H groups in total. The molecule has 0 bridgehead atoms. The highest BCUT2D eigenvalue weighted by Crippen LogP contribution is 2.57. The molecule has 14 heteroatoms. The summed E-state index contributed by atoms with van der Waals surface area (Å²) in [4.78, 5) is -0.562. The van der Waals surface area contributed by atoms with E-state index in [0.29, 0.717) is 24.3 Å². The summed E-state index contributed by atoms with van der Waals surface area (Å²) in [5.41, 5.74) is -6.56. The topological polar surface area (TPSA) is 86.7 Å². The molecule has 0 saturated heterocycles. The number of rotatable bonds is 10. The summed E-state index contributed by atoms with van der Waals surface area (Å²) in [6, 6.07) is 14.5. The molecule has 0 saturated carbocycles. The van der Waals surface area contributed by atoms with E-state index in [2.05, 4.69) is 0 Å². The van der Waals surface area contributed by atoms with Crippen LogP contribution in [0.3, 0.4) is 0 Å². The zero-order valence-electron chi connectivity index (χ0n) is 26.4. The van der Waals surface area contributed by atoms with Crippen molar-refractivity contribution in [1.82, 2.24) is 0 Å². The normalized spacial score (nSPS) is 13.3. The van der Waals surface area contributed by atoms with Crippen molar-refractivity contribution in [1.29, 1.82) is 0 Å². The van der Waals surface area contributed by atoms with Gasteiger partial charge in [-0.1, -0.05) is 71.8 Å². The Hall–Kier alpha value is -4.56. The minimum Gasteiger partial charge on any atom is -0.378 e. The molecule has 0 spiro atoms. The number of hydrogen-bond donors (Lipinski definition) is 0. The number of aryl methyl sites for hydroxylation is 2. The SMILES string of the molecule is CC=Cc1cc(C(c2ccc(OS(=O)(=O)c3ccc(C)cc3)c(C=CC)c2)(C(F)(F)F)C(F)(F)F)ccc1OS(=O)(=O)c1ccc(C)cc1. The maximum Gasteiger partial charge on any atom is 0.411 e. The summed E-state index contributed by atoms with van der Waals surface area (Å²) in [6.07, 6.45) is -7.23. The largest absolute Gasteiger partial charge is 0.411 e. The van der Waals surface area contributed by atoms with E-state index in [1.54, 1.807) is 13.8 Å². The molecule has 0 aliphatic heterocycles. The maximum atomic E-state index is 15.1. The molecule has 4 aromatic carbocycles. The lowest BCUT2D eigenvalue weighted by Crippen LogP contribution is -2.54. The van der Waals surface area contributed by atoms with Gasteiger partial charge >= 0.3 is 32.6 Å². The van der Waals surface area contributed by atoms with Crippen molar-refractivity contribution < 1.29 is 51.5 Å². The van der Waals surface area contributed by atoms with Gasteiger partial charge in [-0.2, -0.15) is 43.2 Å². The minimum absolute atomic E-state index is 0.281. The summed E-state index contributed by atoms with van der Waals surface area (Å²) in [6.45, 7) is 6.28. The third-order valence-corrected chi connectivity index (χ3v) is 9.94. The number of benzene rings is 4. The van der Waals surface area contributed by atoms with E-state index in [9.17, 15) is 16.8 Å². The molecular formula is C35H30F6O6S2. The molecule has 0 aliphatic carbocycles. The van der Waals surface area contributed by atoms with E-state index in [-0.39, 0.29) is 20.9 Å². The summed E-state index contributed by atoms with van der Waals surface area (Å²) in [7, 11) is -9.06. The molecular weight excluding hydrogens is 695 g/mol. The van der Waals surface area contributed by atoms with Crippen molar-refractivity contribution in [3.63, 3.8) is 0 Å². The van der Waals surface area contributed by atoms with Crippen LogP contribution in [0.2, 0.25) is 0 Å². The fourth-order valence-electron chi connectivity index (χ4n) is 5.06. The Bertz CT molecular complexity index is 1950. The van der Waals surface area contributed by atoms with Gasteiger partial charge in [0, 0.05) is 11.1 Å². The van der Waals surface area contributed by atoms with Gasteiger partial charge in [-0.15, -0.1) is 0 Å². The first-order valence-corrected chi connectivity index (χ1v) is 17.3. The molecule has 0 aliphatic rings. The number of alkyl halides is 6. The molecule has 0 atom stereocenters. The summed E-state index contributed by atoms with van der Waals surface area (Å²) in [5, 5.41) is 0. The van der Waals surface area contributed by atoms with Crippen LogP contribution in [0.5, 0.6) is 11.5 Å². The van der Waals surface area contributed by atoms with Gasteiger partial charge in [0.1, 0.15) is 21.3 Å². The van der Waals surface area contributed by atoms with Gasteiger partial charge in [-0.05, 0) is 87.4 Å². The van der Waals surface area contributed by atoms with Gasteiger partial charge in [0.15, 0.2) is 0 Å². The van der Waals surface area contributed by atoms with Crippen LogP contribution in [0.15, 0.2) is 107 Å². The van der Waals surface area contributed by atoms with Gasteiger partial charge in [0.05, 0.1) is 0 Å². The van der Waals surface area contributed by atoms with Crippen LogP contribution in [0.25, 0.3) is 12.2 Å². The highest BCUT2D eigenvalue weighted by atomic mass is 32.2. The van der Waals surface area contributed by atoms with Crippen LogP contribution in [0.4, 0.5) is 26.3 Å². The smallest absolute Gasteiger partial charge is 0.378 e. The van der Waals surface area contributed by atoms with Gasteiger partial charge in [0.2, 0.25) is 5.41 Å². The number of allylic oxidation sites excluding steroid dienone is 2. The molecule has 260 valence electrons. The third kappa shape index (κ3) is 7.54. The standard InChI is InChI=1S/C35H30F6O6S2/c1-5-7-25-21-27(13-19-31(25)46-48(42,43)29-15-9-23(3)10-16-29)33(34(36,37)38,35(39,40)41)28-14-20-32(26(22-28)8-6-2)47-49(44,45)30-17-11-24(4)12-18-30/h5-22H,1-4H3. The highest BCUT2D eigenvalue weighted by Gasteiger charge is 2.72. The molecule has 0 fully saturated rings. The Morgan fingerprint density at radius 3 is 1.14 bits per heavy atom. The Kier molecular flexibility index (Phi) is 10.5. The molecule has 0 radical (unpaired) electrons. The second-order valence-corrected chi connectivity index (χ2v) is 14.0. The van der Waals surface area contributed by atoms with E-state index < -0.39 is 60.6 Å². The molecule has 0 unspecified atom stereocenters. The number of halogens is 6. The van der Waals surface area contributed by atoms with Crippen LogP contribution >= 0.6 is 0 Å². The maximum absolute atomic E-state index is 15.1. The molecule has 0 aromatic heterocycles. The Morgan fingerprint density at radius 2 is 0.857 bits per heavy atom. The van der Waals surface area contributed by atoms with Crippen LogP contribution in [0, 0.1) is 13.8 Å². The first-order chi connectivity index (χ1) is 22.8. The second kappa shape index (κ2) is 13.7. The minimum atomic E-state index is -6.02. The summed E-state index contributed by atoms with van der Waals surface area (Å²) < 4.78 is 153. The van der Waals surface area contributed by atoms with Crippen LogP contribution in [0.1, 0.15) is 47.2 Å². The van der Waals surface area contributed by atoms with Crippen molar-refractivity contribution >= 4 is 32.4 Å². The van der Waals surface area contributed by atoms with E-state index in [1.165, 1.54) is 74.5 Å². The van der Waals surface area contributed by atoms with Crippen LogP contribution < -0.4 is 8.37 Å². The highest BCUT2D eigenvalue weighted by molar-refractivity contribution is 7.87.